The summed E-state index contributed by atoms with van der Waals surface area (Å²) in [4.78, 5) is 12.4. The van der Waals surface area contributed by atoms with Crippen molar-refractivity contribution >= 4 is 56.8 Å². The predicted octanol–water partition coefficient (Wildman–Crippen LogP) is 7.69. The Morgan fingerprint density at radius 3 is 2.62 bits per heavy atom. The van der Waals surface area contributed by atoms with Gasteiger partial charge >= 0.3 is 0 Å². The maximum absolute atomic E-state index is 12.4. The van der Waals surface area contributed by atoms with Crippen molar-refractivity contribution < 1.29 is 14.3 Å². The zero-order valence-corrected chi connectivity index (χ0v) is 20.7. The molecule has 0 aliphatic carbocycles. The maximum Gasteiger partial charge on any atom is 0.248 e. The van der Waals surface area contributed by atoms with Gasteiger partial charge in [-0.05, 0) is 77.3 Å². The number of carbonyl (C=O) groups is 1. The molecule has 0 bridgehead atoms. The lowest BCUT2D eigenvalue weighted by molar-refractivity contribution is -0.111. The average molecular weight is 535 g/mol. The normalized spacial score (nSPS) is 10.9. The number of hydrogen-bond acceptors (Lipinski definition) is 3. The van der Waals surface area contributed by atoms with E-state index >= 15 is 0 Å². The molecule has 1 N–H and O–H groups in total. The third-order valence-corrected chi connectivity index (χ3v) is 5.74. The van der Waals surface area contributed by atoms with Crippen molar-refractivity contribution in [2.45, 2.75) is 20.5 Å². The molecule has 1 amide bonds. The zero-order valence-electron chi connectivity index (χ0n) is 17.6. The Morgan fingerprint density at radius 2 is 1.88 bits per heavy atom. The third kappa shape index (κ3) is 6.52. The fraction of sp³-hybridized carbons (Fsp3) is 0.160. The number of halogens is 3. The van der Waals surface area contributed by atoms with Crippen molar-refractivity contribution in [2.24, 2.45) is 0 Å². The quantitative estimate of drug-likeness (QED) is 0.301. The number of carbonyl (C=O) groups excluding carboxylic acids is 1. The van der Waals surface area contributed by atoms with Gasteiger partial charge in [-0.25, -0.2) is 0 Å². The van der Waals surface area contributed by atoms with Crippen LogP contribution in [0.2, 0.25) is 10.0 Å². The molecule has 0 heterocycles. The lowest BCUT2D eigenvalue weighted by Gasteiger charge is -2.15. The van der Waals surface area contributed by atoms with Crippen LogP contribution >= 0.6 is 39.1 Å². The number of amides is 1. The molecule has 3 aromatic rings. The molecule has 0 aromatic heterocycles. The molecular weight excluding hydrogens is 513 g/mol. The van der Waals surface area contributed by atoms with Crippen LogP contribution in [0.4, 0.5) is 5.69 Å². The standard InChI is InChI=1S/C25H22BrCl2NO3/c1-3-31-23-13-17(9-11-24(30)29-22-14-19(27)10-8-16(22)2)12-20(26)25(23)32-15-18-6-4-5-7-21(18)28/h4-14H,3,15H2,1-2H3,(H,29,30)/b11-9+. The molecule has 0 spiro atoms. The van der Waals surface area contributed by atoms with Gasteiger partial charge in [0.25, 0.3) is 0 Å². The van der Waals surface area contributed by atoms with Gasteiger partial charge in [0.1, 0.15) is 6.61 Å². The van der Waals surface area contributed by atoms with Crippen LogP contribution in [0.15, 0.2) is 65.1 Å². The van der Waals surface area contributed by atoms with E-state index in [4.69, 9.17) is 32.7 Å². The number of nitrogens with one attached hydrogen (secondary N) is 1. The maximum atomic E-state index is 12.4. The summed E-state index contributed by atoms with van der Waals surface area (Å²) in [5, 5.41) is 4.04. The van der Waals surface area contributed by atoms with E-state index in [1.165, 1.54) is 6.08 Å². The van der Waals surface area contributed by atoms with Gasteiger partial charge in [0.15, 0.2) is 11.5 Å². The molecule has 7 heteroatoms. The molecule has 0 atom stereocenters. The minimum atomic E-state index is -0.261. The first kappa shape index (κ1) is 24.2. The van der Waals surface area contributed by atoms with Gasteiger partial charge in [0, 0.05) is 27.4 Å². The van der Waals surface area contributed by atoms with E-state index in [0.717, 1.165) is 16.7 Å². The topological polar surface area (TPSA) is 47.6 Å². The van der Waals surface area contributed by atoms with E-state index in [0.29, 0.717) is 44.9 Å². The highest BCUT2D eigenvalue weighted by Gasteiger charge is 2.13. The van der Waals surface area contributed by atoms with E-state index < -0.39 is 0 Å². The summed E-state index contributed by atoms with van der Waals surface area (Å²) in [5.41, 5.74) is 3.26. The van der Waals surface area contributed by atoms with Crippen LogP contribution in [-0.2, 0) is 11.4 Å². The van der Waals surface area contributed by atoms with Crippen molar-refractivity contribution in [1.82, 2.24) is 0 Å². The van der Waals surface area contributed by atoms with Crippen molar-refractivity contribution in [1.29, 1.82) is 0 Å². The molecular formula is C25H22BrCl2NO3. The molecule has 0 saturated carbocycles. The first-order chi connectivity index (χ1) is 15.4. The Bertz CT molecular complexity index is 1150. The smallest absolute Gasteiger partial charge is 0.248 e. The van der Waals surface area contributed by atoms with Gasteiger partial charge in [-0.2, -0.15) is 0 Å². The van der Waals surface area contributed by atoms with Gasteiger partial charge in [0.2, 0.25) is 5.91 Å². The van der Waals surface area contributed by atoms with Crippen LogP contribution in [-0.4, -0.2) is 12.5 Å². The molecule has 0 saturated heterocycles. The molecule has 0 aliphatic heterocycles. The van der Waals surface area contributed by atoms with E-state index in [-0.39, 0.29) is 5.91 Å². The van der Waals surface area contributed by atoms with Crippen molar-refractivity contribution in [3.05, 3.63) is 91.9 Å². The SMILES string of the molecule is CCOc1cc(/C=C/C(=O)Nc2cc(Cl)ccc2C)cc(Br)c1OCc1ccccc1Cl. The second kappa shape index (κ2) is 11.4. The Balaban J connectivity index is 1.76. The lowest BCUT2D eigenvalue weighted by Crippen LogP contribution is -2.08. The molecule has 166 valence electrons. The number of ether oxygens (including phenoxy) is 2. The zero-order chi connectivity index (χ0) is 23.1. The fourth-order valence-electron chi connectivity index (χ4n) is 2.93. The van der Waals surface area contributed by atoms with Crippen molar-refractivity contribution in [2.75, 3.05) is 11.9 Å². The van der Waals surface area contributed by atoms with Crippen LogP contribution in [0.5, 0.6) is 11.5 Å². The molecule has 3 rings (SSSR count). The van der Waals surface area contributed by atoms with Crippen molar-refractivity contribution in [3.63, 3.8) is 0 Å². The minimum Gasteiger partial charge on any atom is -0.490 e. The van der Waals surface area contributed by atoms with Gasteiger partial charge in [0.05, 0.1) is 11.1 Å². The Hall–Kier alpha value is -2.47. The first-order valence-corrected chi connectivity index (χ1v) is 11.5. The molecule has 0 aliphatic rings. The summed E-state index contributed by atoms with van der Waals surface area (Å²) < 4.78 is 12.5. The van der Waals surface area contributed by atoms with Gasteiger partial charge in [-0.1, -0.05) is 47.5 Å². The number of hydrogen-bond donors (Lipinski definition) is 1. The van der Waals surface area contributed by atoms with Crippen LogP contribution in [0.25, 0.3) is 6.08 Å². The van der Waals surface area contributed by atoms with E-state index in [9.17, 15) is 4.79 Å². The molecule has 4 nitrogen and oxygen atoms in total. The number of rotatable bonds is 8. The Morgan fingerprint density at radius 1 is 1.09 bits per heavy atom. The minimum absolute atomic E-state index is 0.261. The predicted molar refractivity (Wildman–Crippen MR) is 135 cm³/mol. The van der Waals surface area contributed by atoms with Crippen molar-refractivity contribution in [3.8, 4) is 11.5 Å². The molecule has 0 radical (unpaired) electrons. The highest BCUT2D eigenvalue weighted by atomic mass is 79.9. The molecule has 0 unspecified atom stereocenters. The number of aryl methyl sites for hydroxylation is 1. The first-order valence-electron chi connectivity index (χ1n) is 9.95. The Labute approximate surface area is 206 Å². The van der Waals surface area contributed by atoms with E-state index in [2.05, 4.69) is 21.2 Å². The van der Waals surface area contributed by atoms with Gasteiger partial charge in [-0.3, -0.25) is 4.79 Å². The summed E-state index contributed by atoms with van der Waals surface area (Å²) >= 11 is 15.8. The van der Waals surface area contributed by atoms with Gasteiger partial charge < -0.3 is 14.8 Å². The Kier molecular flexibility index (Phi) is 8.62. The van der Waals surface area contributed by atoms with Crippen LogP contribution in [0, 0.1) is 6.92 Å². The highest BCUT2D eigenvalue weighted by molar-refractivity contribution is 9.10. The summed E-state index contributed by atoms with van der Waals surface area (Å²) in [6.45, 7) is 4.57. The van der Waals surface area contributed by atoms with E-state index in [1.54, 1.807) is 18.2 Å². The lowest BCUT2D eigenvalue weighted by atomic mass is 10.1. The molecule has 0 fully saturated rings. The summed E-state index contributed by atoms with van der Waals surface area (Å²) in [7, 11) is 0. The average Bonchev–Trinajstić information content (AvgIpc) is 2.75. The molecule has 32 heavy (non-hydrogen) atoms. The monoisotopic (exact) mass is 533 g/mol. The largest absolute Gasteiger partial charge is 0.490 e. The third-order valence-electron chi connectivity index (χ3n) is 4.55. The summed E-state index contributed by atoms with van der Waals surface area (Å²) in [6, 6.07) is 16.6. The van der Waals surface area contributed by atoms with Crippen LogP contribution in [0.3, 0.4) is 0 Å². The summed E-state index contributed by atoms with van der Waals surface area (Å²) in [6.07, 6.45) is 3.17. The van der Waals surface area contributed by atoms with Crippen LogP contribution < -0.4 is 14.8 Å². The fourth-order valence-corrected chi connectivity index (χ4v) is 3.86. The highest BCUT2D eigenvalue weighted by Crippen LogP contribution is 2.38. The second-order valence-electron chi connectivity index (χ2n) is 6.92. The number of benzene rings is 3. The number of anilines is 1. The second-order valence-corrected chi connectivity index (χ2v) is 8.62. The van der Waals surface area contributed by atoms with Gasteiger partial charge in [-0.15, -0.1) is 0 Å². The molecule has 3 aromatic carbocycles. The van der Waals surface area contributed by atoms with Crippen LogP contribution in [0.1, 0.15) is 23.6 Å². The summed E-state index contributed by atoms with van der Waals surface area (Å²) in [5.74, 6) is 0.881. The van der Waals surface area contributed by atoms with E-state index in [1.807, 2.05) is 56.3 Å².